The van der Waals surface area contributed by atoms with Gasteiger partial charge in [-0.05, 0) is 77.6 Å². The monoisotopic (exact) mass is 352 g/mol. The average molecular weight is 353 g/mol. The Bertz CT molecular complexity index is 474. The first-order valence-corrected chi connectivity index (χ1v) is 10.1. The molecule has 0 aromatic rings. The first-order chi connectivity index (χ1) is 11.7. The van der Waals surface area contributed by atoms with E-state index in [1.54, 1.807) is 0 Å². The number of carbonyl (C=O) groups is 2. The molecular weight excluding hydrogens is 316 g/mol. The first kappa shape index (κ1) is 20.3. The Labute approximate surface area is 153 Å². The van der Waals surface area contributed by atoms with E-state index in [2.05, 4.69) is 13.8 Å². The van der Waals surface area contributed by atoms with Crippen molar-refractivity contribution < 1.29 is 19.1 Å². The molecule has 0 N–H and O–H groups in total. The van der Waals surface area contributed by atoms with Gasteiger partial charge in [0.05, 0.1) is 11.3 Å². The van der Waals surface area contributed by atoms with Gasteiger partial charge in [0.25, 0.3) is 0 Å². The summed E-state index contributed by atoms with van der Waals surface area (Å²) in [6.07, 6.45) is 8.06. The molecule has 0 spiro atoms. The standard InChI is InChI=1S/C21H36O4/c1-6-20(4,5)19(23)24-17-11-9-10-16(14-17)18(22)25-21(15(2)3)12-7-8-13-21/h15-17H,6-14H2,1-5H3. The SMILES string of the molecule is CCC(C)(C)C(=O)OC1CCCC(C(=O)OC2(C(C)C)CCCC2)C1. The second kappa shape index (κ2) is 8.09. The largest absolute Gasteiger partial charge is 0.462 e. The molecule has 2 unspecified atom stereocenters. The molecule has 25 heavy (non-hydrogen) atoms. The van der Waals surface area contributed by atoms with Crippen molar-refractivity contribution in [2.45, 2.75) is 104 Å². The molecule has 144 valence electrons. The summed E-state index contributed by atoms with van der Waals surface area (Å²) < 4.78 is 11.8. The van der Waals surface area contributed by atoms with Crippen molar-refractivity contribution in [1.82, 2.24) is 0 Å². The number of hydrogen-bond acceptors (Lipinski definition) is 4. The molecule has 2 rings (SSSR count). The molecule has 0 amide bonds. The van der Waals surface area contributed by atoms with Crippen LogP contribution in [0.4, 0.5) is 0 Å². The number of ether oxygens (including phenoxy) is 2. The highest BCUT2D eigenvalue weighted by molar-refractivity contribution is 5.76. The predicted octanol–water partition coefficient (Wildman–Crippen LogP) is 5.04. The molecule has 4 nitrogen and oxygen atoms in total. The van der Waals surface area contributed by atoms with Crippen molar-refractivity contribution in [3.63, 3.8) is 0 Å². The third kappa shape index (κ3) is 4.77. The molecule has 4 heteroatoms. The van der Waals surface area contributed by atoms with Gasteiger partial charge in [0.15, 0.2) is 0 Å². The Hall–Kier alpha value is -1.06. The van der Waals surface area contributed by atoms with Gasteiger partial charge in [-0.3, -0.25) is 9.59 Å². The second-order valence-electron chi connectivity index (χ2n) is 8.98. The van der Waals surface area contributed by atoms with Crippen LogP contribution in [0, 0.1) is 17.3 Å². The topological polar surface area (TPSA) is 52.6 Å². The fourth-order valence-corrected chi connectivity index (χ4v) is 3.98. The third-order valence-corrected chi connectivity index (χ3v) is 6.48. The fourth-order valence-electron chi connectivity index (χ4n) is 3.98. The summed E-state index contributed by atoms with van der Waals surface area (Å²) in [5.74, 6) is -0.0106. The van der Waals surface area contributed by atoms with Gasteiger partial charge in [0.1, 0.15) is 11.7 Å². The zero-order valence-electron chi connectivity index (χ0n) is 16.7. The van der Waals surface area contributed by atoms with Gasteiger partial charge in [0.2, 0.25) is 0 Å². The van der Waals surface area contributed by atoms with Crippen LogP contribution in [-0.4, -0.2) is 23.6 Å². The zero-order valence-corrected chi connectivity index (χ0v) is 16.7. The van der Waals surface area contributed by atoms with Crippen LogP contribution in [-0.2, 0) is 19.1 Å². The summed E-state index contributed by atoms with van der Waals surface area (Å²) in [6, 6.07) is 0. The summed E-state index contributed by atoms with van der Waals surface area (Å²) in [6.45, 7) is 10.1. The Morgan fingerprint density at radius 2 is 1.76 bits per heavy atom. The lowest BCUT2D eigenvalue weighted by Crippen LogP contribution is -2.41. The van der Waals surface area contributed by atoms with Gasteiger partial charge in [-0.25, -0.2) is 0 Å². The van der Waals surface area contributed by atoms with Crippen molar-refractivity contribution in [3.8, 4) is 0 Å². The van der Waals surface area contributed by atoms with Gasteiger partial charge in [-0.1, -0.05) is 20.8 Å². The molecular formula is C21H36O4. The maximum Gasteiger partial charge on any atom is 0.311 e. The van der Waals surface area contributed by atoms with E-state index in [1.807, 2.05) is 20.8 Å². The van der Waals surface area contributed by atoms with Gasteiger partial charge < -0.3 is 9.47 Å². The summed E-state index contributed by atoms with van der Waals surface area (Å²) in [7, 11) is 0. The molecule has 0 heterocycles. The number of carbonyl (C=O) groups excluding carboxylic acids is 2. The molecule has 2 fully saturated rings. The molecule has 0 aliphatic heterocycles. The Kier molecular flexibility index (Phi) is 6.56. The van der Waals surface area contributed by atoms with Crippen LogP contribution in [0.25, 0.3) is 0 Å². The van der Waals surface area contributed by atoms with E-state index in [4.69, 9.17) is 9.47 Å². The molecule has 0 saturated heterocycles. The molecule has 0 aromatic carbocycles. The minimum atomic E-state index is -0.459. The van der Waals surface area contributed by atoms with E-state index in [-0.39, 0.29) is 29.6 Å². The van der Waals surface area contributed by atoms with Crippen LogP contribution < -0.4 is 0 Å². The highest BCUT2D eigenvalue weighted by atomic mass is 16.6. The number of hydrogen-bond donors (Lipinski definition) is 0. The first-order valence-electron chi connectivity index (χ1n) is 10.1. The summed E-state index contributed by atoms with van der Waals surface area (Å²) in [4.78, 5) is 25.1. The summed E-state index contributed by atoms with van der Waals surface area (Å²) in [5.41, 5.74) is -0.732. The van der Waals surface area contributed by atoms with Crippen LogP contribution in [0.3, 0.4) is 0 Å². The fraction of sp³-hybridized carbons (Fsp3) is 0.905. The molecule has 0 radical (unpaired) electrons. The highest BCUT2D eigenvalue weighted by Crippen LogP contribution is 2.41. The molecule has 2 aliphatic carbocycles. The Balaban J connectivity index is 1.94. The van der Waals surface area contributed by atoms with E-state index < -0.39 is 5.41 Å². The van der Waals surface area contributed by atoms with Crippen molar-refractivity contribution in [2.75, 3.05) is 0 Å². The Morgan fingerprint density at radius 3 is 2.32 bits per heavy atom. The molecule has 0 aromatic heterocycles. The van der Waals surface area contributed by atoms with Crippen LogP contribution in [0.1, 0.15) is 92.4 Å². The van der Waals surface area contributed by atoms with Gasteiger partial charge in [-0.15, -0.1) is 0 Å². The van der Waals surface area contributed by atoms with Gasteiger partial charge >= 0.3 is 11.9 Å². The number of esters is 2. The smallest absolute Gasteiger partial charge is 0.311 e. The van der Waals surface area contributed by atoms with E-state index in [1.165, 1.54) is 0 Å². The van der Waals surface area contributed by atoms with E-state index in [0.717, 1.165) is 51.4 Å². The van der Waals surface area contributed by atoms with Crippen LogP contribution in [0.2, 0.25) is 0 Å². The van der Waals surface area contributed by atoms with E-state index >= 15 is 0 Å². The highest BCUT2D eigenvalue weighted by Gasteiger charge is 2.43. The van der Waals surface area contributed by atoms with E-state index in [9.17, 15) is 9.59 Å². The average Bonchev–Trinajstić information content (AvgIpc) is 3.05. The maximum atomic E-state index is 12.8. The minimum absolute atomic E-state index is 0.0777. The molecule has 2 saturated carbocycles. The summed E-state index contributed by atoms with van der Waals surface area (Å²) >= 11 is 0. The molecule has 2 aliphatic rings. The van der Waals surface area contributed by atoms with Gasteiger partial charge in [-0.2, -0.15) is 0 Å². The van der Waals surface area contributed by atoms with Crippen molar-refractivity contribution in [3.05, 3.63) is 0 Å². The Morgan fingerprint density at radius 1 is 1.12 bits per heavy atom. The second-order valence-corrected chi connectivity index (χ2v) is 8.98. The normalized spacial score (nSPS) is 26.5. The lowest BCUT2D eigenvalue weighted by Gasteiger charge is -2.36. The maximum absolute atomic E-state index is 12.8. The van der Waals surface area contributed by atoms with Crippen molar-refractivity contribution in [2.24, 2.45) is 17.3 Å². The molecule has 2 atom stereocenters. The van der Waals surface area contributed by atoms with Crippen LogP contribution in [0.5, 0.6) is 0 Å². The van der Waals surface area contributed by atoms with E-state index in [0.29, 0.717) is 12.3 Å². The number of rotatable bonds is 6. The minimum Gasteiger partial charge on any atom is -0.462 e. The van der Waals surface area contributed by atoms with Crippen molar-refractivity contribution in [1.29, 1.82) is 0 Å². The van der Waals surface area contributed by atoms with Gasteiger partial charge in [0, 0.05) is 0 Å². The van der Waals surface area contributed by atoms with Crippen LogP contribution >= 0.6 is 0 Å². The third-order valence-electron chi connectivity index (χ3n) is 6.48. The lowest BCUT2D eigenvalue weighted by atomic mass is 9.85. The lowest BCUT2D eigenvalue weighted by molar-refractivity contribution is -0.176. The quantitative estimate of drug-likeness (QED) is 0.629. The zero-order chi connectivity index (χ0) is 18.7. The summed E-state index contributed by atoms with van der Waals surface area (Å²) in [5, 5.41) is 0. The predicted molar refractivity (Wildman–Crippen MR) is 98.0 cm³/mol. The van der Waals surface area contributed by atoms with Crippen molar-refractivity contribution >= 4 is 11.9 Å². The molecule has 0 bridgehead atoms. The van der Waals surface area contributed by atoms with Crippen LogP contribution in [0.15, 0.2) is 0 Å².